The minimum atomic E-state index is 0.0271. The van der Waals surface area contributed by atoms with Gasteiger partial charge in [-0.1, -0.05) is 25.2 Å². The number of hydrogen-bond acceptors (Lipinski definition) is 3. The molecular weight excluding hydrogens is 234 g/mol. The van der Waals surface area contributed by atoms with E-state index in [1.165, 1.54) is 0 Å². The van der Waals surface area contributed by atoms with Crippen molar-refractivity contribution in [3.63, 3.8) is 0 Å². The second-order valence-corrected chi connectivity index (χ2v) is 4.50. The smallest absolute Gasteiger partial charge is 0.250 e. The van der Waals surface area contributed by atoms with E-state index in [0.29, 0.717) is 18.1 Å². The van der Waals surface area contributed by atoms with Gasteiger partial charge in [-0.15, -0.1) is 0 Å². The fourth-order valence-corrected chi connectivity index (χ4v) is 1.88. The Hall–Kier alpha value is -1.20. The van der Waals surface area contributed by atoms with E-state index in [1.807, 2.05) is 6.07 Å². The normalized spacial score (nSPS) is 10.7. The van der Waals surface area contributed by atoms with Crippen molar-refractivity contribution in [3.05, 3.63) is 34.7 Å². The second kappa shape index (κ2) is 7.19. The zero-order chi connectivity index (χ0) is 12.7. The molecule has 2 N–H and O–H groups in total. The Morgan fingerprint density at radius 2 is 2.24 bits per heavy atom. The molecule has 0 radical (unpaired) electrons. The Kier molecular flexibility index (Phi) is 5.86. The molecule has 0 bridgehead atoms. The summed E-state index contributed by atoms with van der Waals surface area (Å²) in [6.07, 6.45) is 2.85. The molecule has 94 valence electrons. The van der Waals surface area contributed by atoms with E-state index in [9.17, 15) is 4.79 Å². The number of hydrogen-bond donors (Lipinski definition) is 1. The molecule has 0 saturated heterocycles. The van der Waals surface area contributed by atoms with Crippen LogP contribution in [0.3, 0.4) is 0 Å². The average molecular weight is 253 g/mol. The third-order valence-electron chi connectivity index (χ3n) is 2.48. The summed E-state index contributed by atoms with van der Waals surface area (Å²) in [6.45, 7) is 5.13. The Labute approximate surface area is 107 Å². The quantitative estimate of drug-likeness (QED) is 0.732. The summed E-state index contributed by atoms with van der Waals surface area (Å²) in [5, 5.41) is 0. The van der Waals surface area contributed by atoms with Crippen LogP contribution < -0.4 is 11.3 Å². The van der Waals surface area contributed by atoms with Crippen molar-refractivity contribution in [2.75, 3.05) is 19.6 Å². The molecule has 0 amide bonds. The maximum Gasteiger partial charge on any atom is 0.250 e. The standard InChI is InChI=1S/C12H19N3OS/c1-2-6-14(10-11(13)17)8-9-15-7-4-3-5-12(15)16/h3-5,7H,2,6,8-10H2,1H3,(H2,13,17). The van der Waals surface area contributed by atoms with Crippen molar-refractivity contribution < 1.29 is 0 Å². The summed E-state index contributed by atoms with van der Waals surface area (Å²) in [7, 11) is 0. The van der Waals surface area contributed by atoms with Gasteiger partial charge < -0.3 is 10.3 Å². The van der Waals surface area contributed by atoms with Crippen molar-refractivity contribution in [2.24, 2.45) is 5.73 Å². The van der Waals surface area contributed by atoms with Crippen LogP contribution in [0.2, 0.25) is 0 Å². The van der Waals surface area contributed by atoms with Gasteiger partial charge in [0, 0.05) is 31.9 Å². The third kappa shape index (κ3) is 5.10. The van der Waals surface area contributed by atoms with Crippen molar-refractivity contribution >= 4 is 17.2 Å². The molecular formula is C12H19N3OS. The molecule has 0 atom stereocenters. The van der Waals surface area contributed by atoms with Crippen LogP contribution in [0.15, 0.2) is 29.2 Å². The van der Waals surface area contributed by atoms with E-state index in [2.05, 4.69) is 11.8 Å². The Bertz CT molecular complexity index is 416. The lowest BCUT2D eigenvalue weighted by Crippen LogP contribution is -2.36. The molecule has 0 aromatic carbocycles. The van der Waals surface area contributed by atoms with Crippen molar-refractivity contribution in [1.29, 1.82) is 0 Å². The zero-order valence-electron chi connectivity index (χ0n) is 10.1. The summed E-state index contributed by atoms with van der Waals surface area (Å²) in [5.74, 6) is 0. The van der Waals surface area contributed by atoms with Crippen molar-refractivity contribution in [2.45, 2.75) is 19.9 Å². The average Bonchev–Trinajstić information content (AvgIpc) is 2.27. The molecule has 0 fully saturated rings. The molecule has 0 spiro atoms. The maximum absolute atomic E-state index is 11.5. The number of rotatable bonds is 7. The number of nitrogens with two attached hydrogens (primary N) is 1. The number of nitrogens with zero attached hydrogens (tertiary/aromatic N) is 2. The van der Waals surface area contributed by atoms with Crippen LogP contribution in [-0.4, -0.2) is 34.1 Å². The number of aromatic nitrogens is 1. The second-order valence-electron chi connectivity index (χ2n) is 3.97. The van der Waals surface area contributed by atoms with Crippen LogP contribution in [0.1, 0.15) is 13.3 Å². The summed E-state index contributed by atoms with van der Waals surface area (Å²) in [5.41, 5.74) is 5.57. The molecule has 0 aliphatic heterocycles. The van der Waals surface area contributed by atoms with E-state index in [4.69, 9.17) is 18.0 Å². The topological polar surface area (TPSA) is 51.3 Å². The molecule has 17 heavy (non-hydrogen) atoms. The number of thiocarbonyl (C=S) groups is 1. The highest BCUT2D eigenvalue weighted by Crippen LogP contribution is 1.93. The molecule has 1 aromatic heterocycles. The van der Waals surface area contributed by atoms with Gasteiger partial charge in [0.05, 0.1) is 4.99 Å². The van der Waals surface area contributed by atoms with Gasteiger partial charge in [-0.25, -0.2) is 0 Å². The van der Waals surface area contributed by atoms with E-state index >= 15 is 0 Å². The largest absolute Gasteiger partial charge is 0.392 e. The maximum atomic E-state index is 11.5. The van der Waals surface area contributed by atoms with E-state index in [0.717, 1.165) is 19.5 Å². The molecule has 1 rings (SSSR count). The van der Waals surface area contributed by atoms with Crippen LogP contribution in [0.25, 0.3) is 0 Å². The summed E-state index contributed by atoms with van der Waals surface area (Å²) in [4.78, 5) is 14.2. The van der Waals surface area contributed by atoms with Gasteiger partial charge in [-0.05, 0) is 19.0 Å². The molecule has 1 aromatic rings. The van der Waals surface area contributed by atoms with Gasteiger partial charge in [-0.3, -0.25) is 9.69 Å². The predicted octanol–water partition coefficient (Wildman–Crippen LogP) is 0.846. The highest BCUT2D eigenvalue weighted by atomic mass is 32.1. The Morgan fingerprint density at radius 3 is 2.82 bits per heavy atom. The first-order valence-corrected chi connectivity index (χ1v) is 6.20. The van der Waals surface area contributed by atoms with Crippen LogP contribution in [-0.2, 0) is 6.54 Å². The fraction of sp³-hybridized carbons (Fsp3) is 0.500. The van der Waals surface area contributed by atoms with Gasteiger partial charge in [0.25, 0.3) is 5.56 Å². The monoisotopic (exact) mass is 253 g/mol. The molecule has 4 nitrogen and oxygen atoms in total. The van der Waals surface area contributed by atoms with Crippen LogP contribution in [0.5, 0.6) is 0 Å². The summed E-state index contributed by atoms with van der Waals surface area (Å²) in [6, 6.07) is 5.18. The first kappa shape index (κ1) is 13.9. The highest BCUT2D eigenvalue weighted by Gasteiger charge is 2.05. The minimum Gasteiger partial charge on any atom is -0.392 e. The van der Waals surface area contributed by atoms with Gasteiger partial charge in [0.15, 0.2) is 0 Å². The van der Waals surface area contributed by atoms with Gasteiger partial charge in [0.1, 0.15) is 0 Å². The van der Waals surface area contributed by atoms with E-state index in [-0.39, 0.29) is 5.56 Å². The Morgan fingerprint density at radius 1 is 1.47 bits per heavy atom. The first-order chi connectivity index (χ1) is 8.13. The molecule has 0 aliphatic rings. The lowest BCUT2D eigenvalue weighted by atomic mass is 10.3. The summed E-state index contributed by atoms with van der Waals surface area (Å²) >= 11 is 4.91. The lowest BCUT2D eigenvalue weighted by Gasteiger charge is -2.21. The lowest BCUT2D eigenvalue weighted by molar-refractivity contribution is 0.297. The summed E-state index contributed by atoms with van der Waals surface area (Å²) < 4.78 is 1.70. The number of pyridine rings is 1. The van der Waals surface area contributed by atoms with Crippen LogP contribution in [0.4, 0.5) is 0 Å². The van der Waals surface area contributed by atoms with Crippen molar-refractivity contribution in [1.82, 2.24) is 9.47 Å². The highest BCUT2D eigenvalue weighted by molar-refractivity contribution is 7.80. The minimum absolute atomic E-state index is 0.0271. The fourth-order valence-electron chi connectivity index (χ4n) is 1.70. The third-order valence-corrected chi connectivity index (χ3v) is 2.60. The van der Waals surface area contributed by atoms with Crippen LogP contribution in [0, 0.1) is 0 Å². The molecule has 0 unspecified atom stereocenters. The van der Waals surface area contributed by atoms with Crippen molar-refractivity contribution in [3.8, 4) is 0 Å². The molecule has 1 heterocycles. The van der Waals surface area contributed by atoms with E-state index in [1.54, 1.807) is 22.9 Å². The predicted molar refractivity (Wildman–Crippen MR) is 74.2 cm³/mol. The van der Waals surface area contributed by atoms with Crippen LogP contribution >= 0.6 is 12.2 Å². The molecule has 0 aliphatic carbocycles. The van der Waals surface area contributed by atoms with Gasteiger partial charge >= 0.3 is 0 Å². The molecule has 5 heteroatoms. The van der Waals surface area contributed by atoms with Gasteiger partial charge in [-0.2, -0.15) is 0 Å². The Balaban J connectivity index is 2.54. The zero-order valence-corrected chi connectivity index (χ0v) is 10.9. The molecule has 0 saturated carbocycles. The van der Waals surface area contributed by atoms with Gasteiger partial charge in [0.2, 0.25) is 0 Å². The van der Waals surface area contributed by atoms with E-state index < -0.39 is 0 Å². The first-order valence-electron chi connectivity index (χ1n) is 5.79. The SMILES string of the molecule is CCCN(CCn1ccccc1=O)CC(N)=S.